The van der Waals surface area contributed by atoms with Crippen LogP contribution < -0.4 is 10.7 Å². The van der Waals surface area contributed by atoms with Gasteiger partial charge in [-0.2, -0.15) is 0 Å². The summed E-state index contributed by atoms with van der Waals surface area (Å²) >= 11 is 0. The zero-order valence-electron chi connectivity index (χ0n) is 10.3. The van der Waals surface area contributed by atoms with Crippen LogP contribution in [-0.4, -0.2) is 4.98 Å². The molecule has 0 spiro atoms. The summed E-state index contributed by atoms with van der Waals surface area (Å²) in [7, 11) is 0. The first-order valence-electron chi connectivity index (χ1n) is 5.61. The molecule has 0 radical (unpaired) electrons. The van der Waals surface area contributed by atoms with Crippen LogP contribution in [0.2, 0.25) is 0 Å². The number of H-pyrrole nitrogens is 1. The highest BCUT2D eigenvalue weighted by Crippen LogP contribution is 2.14. The van der Waals surface area contributed by atoms with E-state index in [0.29, 0.717) is 0 Å². The lowest BCUT2D eigenvalue weighted by Crippen LogP contribution is -2.06. The molecule has 0 saturated heterocycles. The van der Waals surface area contributed by atoms with Gasteiger partial charge in [0.2, 0.25) is 0 Å². The van der Waals surface area contributed by atoms with Gasteiger partial charge in [0.1, 0.15) is 0 Å². The second kappa shape index (κ2) is 5.36. The summed E-state index contributed by atoms with van der Waals surface area (Å²) < 4.78 is 0. The molecule has 0 aliphatic carbocycles. The minimum absolute atomic E-state index is 0.909. The van der Waals surface area contributed by atoms with Crippen molar-refractivity contribution in [3.8, 4) is 11.1 Å². The Morgan fingerprint density at radius 2 is 1.75 bits per heavy atom. The number of hydrogen-bond donors (Lipinski definition) is 1. The topological polar surface area (TPSA) is 15.8 Å². The molecule has 0 amide bonds. The lowest BCUT2D eigenvalue weighted by Gasteiger charge is -1.98. The monoisotopic (exact) mass is 213 g/mol. The molecular weight excluding hydrogens is 194 g/mol. The van der Waals surface area contributed by atoms with Crippen molar-refractivity contribution in [2.75, 3.05) is 0 Å². The molecule has 1 aromatic heterocycles. The molecular formula is C15H19N. The molecule has 1 heterocycles. The Balaban J connectivity index is 0.000000606. The molecule has 0 unspecified atom stereocenters. The minimum atomic E-state index is 0.909. The predicted octanol–water partition coefficient (Wildman–Crippen LogP) is 2.84. The molecule has 0 saturated carbocycles. The highest BCUT2D eigenvalue weighted by atomic mass is 14.7. The Labute approximate surface area is 97.1 Å². The van der Waals surface area contributed by atoms with Gasteiger partial charge in [0.25, 0.3) is 0 Å². The molecule has 0 bridgehead atoms. The maximum absolute atomic E-state index is 3.95. The van der Waals surface area contributed by atoms with Crippen molar-refractivity contribution in [2.24, 2.45) is 0 Å². The van der Waals surface area contributed by atoms with Gasteiger partial charge in [-0.15, -0.1) is 0 Å². The zero-order chi connectivity index (χ0) is 12.1. The Morgan fingerprint density at radius 1 is 1.06 bits per heavy atom. The van der Waals surface area contributed by atoms with E-state index in [0.717, 1.165) is 16.3 Å². The lowest BCUT2D eigenvalue weighted by atomic mass is 10.1. The van der Waals surface area contributed by atoms with Crippen molar-refractivity contribution in [1.29, 1.82) is 0 Å². The van der Waals surface area contributed by atoms with E-state index in [1.54, 1.807) is 0 Å². The molecule has 1 nitrogen and oxygen atoms in total. The van der Waals surface area contributed by atoms with Crippen molar-refractivity contribution >= 4 is 13.2 Å². The van der Waals surface area contributed by atoms with Crippen LogP contribution in [0.1, 0.15) is 19.4 Å². The van der Waals surface area contributed by atoms with Crippen LogP contribution in [0.15, 0.2) is 30.3 Å². The SMILES string of the molecule is C=c1cc(-c2cccc(C)c2)c(=C)[nH]1.CC. The molecule has 0 fully saturated rings. The third-order valence-corrected chi connectivity index (χ3v) is 2.28. The first-order chi connectivity index (χ1) is 7.66. The van der Waals surface area contributed by atoms with Gasteiger partial charge in [-0.3, -0.25) is 0 Å². The van der Waals surface area contributed by atoms with Crippen LogP contribution >= 0.6 is 0 Å². The van der Waals surface area contributed by atoms with Gasteiger partial charge >= 0.3 is 0 Å². The zero-order valence-corrected chi connectivity index (χ0v) is 10.3. The van der Waals surface area contributed by atoms with Gasteiger partial charge < -0.3 is 4.98 Å². The number of hydrogen-bond acceptors (Lipinski definition) is 0. The normalized spacial score (nSPS) is 9.44. The standard InChI is InChI=1S/C13H13N.C2H6/c1-9-5-4-6-12(7-9)13-8-10(2)14-11(13)3;1-2/h4-8,14H,2-3H2,1H3;1-2H3. The number of benzene rings is 1. The summed E-state index contributed by atoms with van der Waals surface area (Å²) in [5.41, 5.74) is 3.59. The second-order valence-electron chi connectivity index (χ2n) is 3.56. The van der Waals surface area contributed by atoms with Gasteiger partial charge in [-0.1, -0.05) is 56.8 Å². The van der Waals surface area contributed by atoms with E-state index in [2.05, 4.69) is 49.3 Å². The molecule has 2 aromatic rings. The van der Waals surface area contributed by atoms with Crippen molar-refractivity contribution in [2.45, 2.75) is 20.8 Å². The molecule has 2 rings (SSSR count). The van der Waals surface area contributed by atoms with Gasteiger partial charge in [0.15, 0.2) is 0 Å². The first-order valence-corrected chi connectivity index (χ1v) is 5.61. The molecule has 1 aromatic carbocycles. The Morgan fingerprint density at radius 3 is 2.25 bits per heavy atom. The van der Waals surface area contributed by atoms with E-state index in [4.69, 9.17) is 0 Å². The summed E-state index contributed by atoms with van der Waals surface area (Å²) in [5, 5.41) is 1.84. The van der Waals surface area contributed by atoms with E-state index in [-0.39, 0.29) is 0 Å². The maximum atomic E-state index is 3.95. The van der Waals surface area contributed by atoms with E-state index in [1.165, 1.54) is 11.1 Å². The number of nitrogens with one attached hydrogen (secondary N) is 1. The molecule has 1 heteroatoms. The predicted molar refractivity (Wildman–Crippen MR) is 72.6 cm³/mol. The lowest BCUT2D eigenvalue weighted by molar-refractivity contribution is 1.28. The number of aromatic amines is 1. The van der Waals surface area contributed by atoms with Crippen molar-refractivity contribution in [3.05, 3.63) is 46.6 Å². The fraction of sp³-hybridized carbons (Fsp3) is 0.200. The largest absolute Gasteiger partial charge is 0.356 e. The second-order valence-corrected chi connectivity index (χ2v) is 3.56. The summed E-state index contributed by atoms with van der Waals surface area (Å²) in [6.45, 7) is 13.9. The summed E-state index contributed by atoms with van der Waals surface area (Å²) in [4.78, 5) is 3.10. The third-order valence-electron chi connectivity index (χ3n) is 2.28. The molecule has 0 aliphatic heterocycles. The Hall–Kier alpha value is -1.76. The van der Waals surface area contributed by atoms with Crippen molar-refractivity contribution < 1.29 is 0 Å². The van der Waals surface area contributed by atoms with Crippen LogP contribution in [0.3, 0.4) is 0 Å². The fourth-order valence-electron chi connectivity index (χ4n) is 1.63. The fourth-order valence-corrected chi connectivity index (χ4v) is 1.63. The van der Waals surface area contributed by atoms with Crippen molar-refractivity contribution in [1.82, 2.24) is 4.98 Å². The van der Waals surface area contributed by atoms with Gasteiger partial charge in [0.05, 0.1) is 0 Å². The average molecular weight is 213 g/mol. The van der Waals surface area contributed by atoms with Crippen LogP contribution in [0.25, 0.3) is 24.3 Å². The minimum Gasteiger partial charge on any atom is -0.356 e. The number of aromatic nitrogens is 1. The van der Waals surface area contributed by atoms with Crippen molar-refractivity contribution in [3.63, 3.8) is 0 Å². The van der Waals surface area contributed by atoms with Crippen LogP contribution in [0, 0.1) is 6.92 Å². The summed E-state index contributed by atoms with van der Waals surface area (Å²) in [6, 6.07) is 10.4. The average Bonchev–Trinajstić information content (AvgIpc) is 2.61. The molecule has 16 heavy (non-hydrogen) atoms. The van der Waals surface area contributed by atoms with Gasteiger partial charge in [0, 0.05) is 16.3 Å². The molecule has 0 aliphatic rings. The first kappa shape index (κ1) is 12.3. The van der Waals surface area contributed by atoms with E-state index < -0.39 is 0 Å². The van der Waals surface area contributed by atoms with Crippen LogP contribution in [-0.2, 0) is 0 Å². The van der Waals surface area contributed by atoms with E-state index in [1.807, 2.05) is 19.9 Å². The third kappa shape index (κ3) is 2.63. The number of rotatable bonds is 1. The highest BCUT2D eigenvalue weighted by molar-refractivity contribution is 5.64. The van der Waals surface area contributed by atoms with E-state index >= 15 is 0 Å². The van der Waals surface area contributed by atoms with Crippen LogP contribution in [0.5, 0.6) is 0 Å². The molecule has 84 valence electrons. The number of aryl methyl sites for hydroxylation is 1. The Kier molecular flexibility index (Phi) is 4.12. The van der Waals surface area contributed by atoms with Gasteiger partial charge in [-0.05, 0) is 18.6 Å². The van der Waals surface area contributed by atoms with E-state index in [9.17, 15) is 0 Å². The summed E-state index contributed by atoms with van der Waals surface area (Å²) in [6.07, 6.45) is 0. The smallest absolute Gasteiger partial charge is 0.0391 e. The molecule has 1 N–H and O–H groups in total. The molecule has 0 atom stereocenters. The van der Waals surface area contributed by atoms with Crippen LogP contribution in [0.4, 0.5) is 0 Å². The highest BCUT2D eigenvalue weighted by Gasteiger charge is 1.99. The quantitative estimate of drug-likeness (QED) is 0.749. The summed E-state index contributed by atoms with van der Waals surface area (Å²) in [5.74, 6) is 0. The van der Waals surface area contributed by atoms with Gasteiger partial charge in [-0.25, -0.2) is 0 Å². The Bertz CT molecular complexity index is 549. The maximum Gasteiger partial charge on any atom is 0.0391 e.